The van der Waals surface area contributed by atoms with Crippen molar-refractivity contribution < 1.29 is 4.74 Å². The third-order valence-electron chi connectivity index (χ3n) is 3.88. The lowest BCUT2D eigenvalue weighted by Gasteiger charge is -2.13. The number of benzene rings is 2. The molecule has 1 atom stereocenters. The Morgan fingerprint density at radius 2 is 1.88 bits per heavy atom. The second-order valence-electron chi connectivity index (χ2n) is 5.90. The van der Waals surface area contributed by atoms with Crippen molar-refractivity contribution in [2.75, 3.05) is 18.2 Å². The van der Waals surface area contributed by atoms with Crippen LogP contribution >= 0.6 is 0 Å². The summed E-state index contributed by atoms with van der Waals surface area (Å²) >= 11 is 0. The number of hydrogen-bond acceptors (Lipinski definition) is 3. The summed E-state index contributed by atoms with van der Waals surface area (Å²) in [6.45, 7) is 6.07. The Balaban J connectivity index is 1.85. The summed E-state index contributed by atoms with van der Waals surface area (Å²) in [4.78, 5) is 0. The molecule has 3 nitrogen and oxygen atoms in total. The van der Waals surface area contributed by atoms with Crippen molar-refractivity contribution in [3.05, 3.63) is 96.2 Å². The zero-order chi connectivity index (χ0) is 18.1. The summed E-state index contributed by atoms with van der Waals surface area (Å²) in [7, 11) is 1.74. The molecule has 130 valence electrons. The van der Waals surface area contributed by atoms with Gasteiger partial charge in [0, 0.05) is 12.8 Å². The molecule has 0 heterocycles. The van der Waals surface area contributed by atoms with Crippen LogP contribution < -0.4 is 11.1 Å². The number of allylic oxidation sites excluding steroid dienone is 3. The first-order valence-corrected chi connectivity index (χ1v) is 8.33. The maximum absolute atomic E-state index is 5.90. The van der Waals surface area contributed by atoms with Gasteiger partial charge in [0.1, 0.15) is 0 Å². The van der Waals surface area contributed by atoms with Gasteiger partial charge in [-0.3, -0.25) is 0 Å². The SMILES string of the molecule is C=C(/C=C/C=C/CC(OC)c1ccc(C)cc1)Nc1ccccc1N. The number of nitrogens with one attached hydrogen (secondary N) is 1. The largest absolute Gasteiger partial charge is 0.397 e. The van der Waals surface area contributed by atoms with Crippen molar-refractivity contribution in [1.29, 1.82) is 0 Å². The van der Waals surface area contributed by atoms with Gasteiger partial charge in [0.15, 0.2) is 0 Å². The van der Waals surface area contributed by atoms with E-state index >= 15 is 0 Å². The van der Waals surface area contributed by atoms with Crippen LogP contribution in [0.4, 0.5) is 11.4 Å². The number of anilines is 2. The average molecular weight is 334 g/mol. The monoisotopic (exact) mass is 334 g/mol. The van der Waals surface area contributed by atoms with Crippen molar-refractivity contribution in [3.8, 4) is 0 Å². The molecule has 2 aromatic carbocycles. The van der Waals surface area contributed by atoms with E-state index in [1.807, 2.05) is 42.5 Å². The molecule has 0 amide bonds. The predicted octanol–water partition coefficient (Wildman–Crippen LogP) is 5.39. The molecule has 3 N–H and O–H groups in total. The molecule has 0 saturated carbocycles. The van der Waals surface area contributed by atoms with Gasteiger partial charge in [-0.1, -0.05) is 66.8 Å². The summed E-state index contributed by atoms with van der Waals surface area (Å²) in [5.74, 6) is 0. The number of hydrogen-bond donors (Lipinski definition) is 2. The molecule has 0 aliphatic rings. The van der Waals surface area contributed by atoms with Crippen LogP contribution in [0.15, 0.2) is 85.1 Å². The Morgan fingerprint density at radius 1 is 1.16 bits per heavy atom. The van der Waals surface area contributed by atoms with Gasteiger partial charge in [0.25, 0.3) is 0 Å². The van der Waals surface area contributed by atoms with Crippen molar-refractivity contribution in [3.63, 3.8) is 0 Å². The zero-order valence-corrected chi connectivity index (χ0v) is 14.9. The zero-order valence-electron chi connectivity index (χ0n) is 14.9. The Labute approximate surface area is 150 Å². The Morgan fingerprint density at radius 3 is 2.56 bits per heavy atom. The highest BCUT2D eigenvalue weighted by atomic mass is 16.5. The third-order valence-corrected chi connectivity index (χ3v) is 3.88. The van der Waals surface area contributed by atoms with Crippen LogP contribution in [0.25, 0.3) is 0 Å². The first kappa shape index (κ1) is 18.6. The van der Waals surface area contributed by atoms with Crippen LogP contribution in [0.1, 0.15) is 23.7 Å². The summed E-state index contributed by atoms with van der Waals surface area (Å²) in [6, 6.07) is 16.1. The van der Waals surface area contributed by atoms with Gasteiger partial charge in [0.2, 0.25) is 0 Å². The minimum atomic E-state index is 0.0655. The van der Waals surface area contributed by atoms with E-state index < -0.39 is 0 Å². The van der Waals surface area contributed by atoms with E-state index in [0.29, 0.717) is 5.69 Å². The van der Waals surface area contributed by atoms with Crippen LogP contribution in [0.5, 0.6) is 0 Å². The fourth-order valence-corrected chi connectivity index (χ4v) is 2.43. The number of ether oxygens (including phenoxy) is 1. The van der Waals surface area contributed by atoms with Gasteiger partial charge in [-0.05, 0) is 37.1 Å². The van der Waals surface area contributed by atoms with E-state index in [0.717, 1.165) is 17.8 Å². The molecule has 25 heavy (non-hydrogen) atoms. The molecule has 2 aromatic rings. The average Bonchev–Trinajstić information content (AvgIpc) is 2.61. The maximum atomic E-state index is 5.90. The highest BCUT2D eigenvalue weighted by Gasteiger charge is 2.07. The highest BCUT2D eigenvalue weighted by molar-refractivity contribution is 5.68. The molecule has 0 saturated heterocycles. The molecule has 0 aliphatic carbocycles. The quantitative estimate of drug-likeness (QED) is 0.502. The summed E-state index contributed by atoms with van der Waals surface area (Å²) in [5.41, 5.74) is 10.7. The Kier molecular flexibility index (Phi) is 7.05. The van der Waals surface area contributed by atoms with Crippen molar-refractivity contribution >= 4 is 11.4 Å². The van der Waals surface area contributed by atoms with E-state index in [9.17, 15) is 0 Å². The molecule has 2 rings (SSSR count). The first-order chi connectivity index (χ1) is 12.1. The number of para-hydroxylation sites is 2. The van der Waals surface area contributed by atoms with Crippen molar-refractivity contribution in [1.82, 2.24) is 0 Å². The number of rotatable bonds is 8. The van der Waals surface area contributed by atoms with Crippen LogP contribution in [-0.4, -0.2) is 7.11 Å². The fourth-order valence-electron chi connectivity index (χ4n) is 2.43. The van der Waals surface area contributed by atoms with Gasteiger partial charge in [-0.25, -0.2) is 0 Å². The third kappa shape index (κ3) is 5.98. The predicted molar refractivity (Wildman–Crippen MR) is 107 cm³/mol. The number of nitrogens with two attached hydrogens (primary N) is 1. The van der Waals surface area contributed by atoms with Crippen molar-refractivity contribution in [2.45, 2.75) is 19.4 Å². The van der Waals surface area contributed by atoms with Gasteiger partial charge >= 0.3 is 0 Å². The first-order valence-electron chi connectivity index (χ1n) is 8.33. The lowest BCUT2D eigenvalue weighted by Crippen LogP contribution is -2.00. The van der Waals surface area contributed by atoms with Crippen LogP contribution in [0.2, 0.25) is 0 Å². The minimum Gasteiger partial charge on any atom is -0.397 e. The normalized spacial score (nSPS) is 12.6. The lowest BCUT2D eigenvalue weighted by molar-refractivity contribution is 0.106. The number of methoxy groups -OCH3 is 1. The molecular formula is C22H26N2O. The topological polar surface area (TPSA) is 47.3 Å². The molecule has 3 heteroatoms. The van der Waals surface area contributed by atoms with Gasteiger partial charge in [0.05, 0.1) is 17.5 Å². The molecule has 0 radical (unpaired) electrons. The molecule has 1 unspecified atom stereocenters. The lowest BCUT2D eigenvalue weighted by atomic mass is 10.0. The van der Waals surface area contributed by atoms with Crippen LogP contribution in [-0.2, 0) is 4.74 Å². The molecule has 0 aliphatic heterocycles. The van der Waals surface area contributed by atoms with E-state index in [1.165, 1.54) is 11.1 Å². The Hall–Kier alpha value is -2.78. The molecule has 0 bridgehead atoms. The number of aryl methyl sites for hydroxylation is 1. The molecule has 0 spiro atoms. The molecule has 0 aromatic heterocycles. The molecule has 0 fully saturated rings. The Bertz CT molecular complexity index is 745. The smallest absolute Gasteiger partial charge is 0.0855 e. The van der Waals surface area contributed by atoms with Crippen LogP contribution in [0, 0.1) is 6.92 Å². The second kappa shape index (κ2) is 9.50. The minimum absolute atomic E-state index is 0.0655. The summed E-state index contributed by atoms with van der Waals surface area (Å²) in [6.07, 6.45) is 8.84. The summed E-state index contributed by atoms with van der Waals surface area (Å²) < 4.78 is 5.58. The van der Waals surface area contributed by atoms with Gasteiger partial charge < -0.3 is 15.8 Å². The van der Waals surface area contributed by atoms with Crippen molar-refractivity contribution in [2.24, 2.45) is 0 Å². The van der Waals surface area contributed by atoms with Gasteiger partial charge in [-0.2, -0.15) is 0 Å². The standard InChI is InChI=1S/C22H26N2O/c1-17-13-15-19(16-14-17)22(25-3)12-6-4-5-9-18(2)24-21-11-8-7-10-20(21)23/h4-11,13-16,22,24H,2,12,23H2,1,3H3/b6-4+,9-5+. The maximum Gasteiger partial charge on any atom is 0.0855 e. The van der Waals surface area contributed by atoms with E-state index in [4.69, 9.17) is 10.5 Å². The number of nitrogen functional groups attached to an aromatic ring is 1. The van der Waals surface area contributed by atoms with E-state index in [2.05, 4.69) is 49.2 Å². The highest BCUT2D eigenvalue weighted by Crippen LogP contribution is 2.21. The van der Waals surface area contributed by atoms with Gasteiger partial charge in [-0.15, -0.1) is 0 Å². The summed E-state index contributed by atoms with van der Waals surface area (Å²) in [5, 5.41) is 3.19. The van der Waals surface area contributed by atoms with E-state index in [1.54, 1.807) is 7.11 Å². The van der Waals surface area contributed by atoms with Crippen LogP contribution in [0.3, 0.4) is 0 Å². The fraction of sp³-hybridized carbons (Fsp3) is 0.182. The van der Waals surface area contributed by atoms with E-state index in [-0.39, 0.29) is 6.10 Å². The second-order valence-corrected chi connectivity index (χ2v) is 5.90. The molecular weight excluding hydrogens is 308 g/mol.